The molecule has 0 amide bonds. The van der Waals surface area contributed by atoms with Crippen molar-refractivity contribution >= 4 is 5.84 Å². The van der Waals surface area contributed by atoms with Crippen molar-refractivity contribution in [3.8, 4) is 0 Å². The molecule has 1 heterocycles. The van der Waals surface area contributed by atoms with Crippen LogP contribution in [0.1, 0.15) is 54.4 Å². The highest BCUT2D eigenvalue weighted by atomic mass is 16.2. The molecule has 0 saturated carbocycles. The van der Waals surface area contributed by atoms with E-state index in [0.717, 1.165) is 19.5 Å². The molecule has 1 aliphatic rings. The standard InChI is InChI=1S/C7H14N2.2C2H6.CH4O/c1-6-4-3-5-9(6)7(2)8;3*1-2/h6,8H,3-5H2,1-2H3;2*1-2H3;2H,1H3. The topological polar surface area (TPSA) is 47.3 Å². The molecule has 0 radical (unpaired) electrons. The minimum Gasteiger partial charge on any atom is -0.400 e. The van der Waals surface area contributed by atoms with Gasteiger partial charge in [0.15, 0.2) is 0 Å². The number of nitrogens with zero attached hydrogens (tertiary/aromatic N) is 1. The van der Waals surface area contributed by atoms with Gasteiger partial charge in [0.25, 0.3) is 0 Å². The van der Waals surface area contributed by atoms with Crippen LogP contribution < -0.4 is 0 Å². The molecule has 1 saturated heterocycles. The summed E-state index contributed by atoms with van der Waals surface area (Å²) in [4.78, 5) is 2.15. The zero-order valence-corrected chi connectivity index (χ0v) is 11.6. The summed E-state index contributed by atoms with van der Waals surface area (Å²) >= 11 is 0. The zero-order valence-electron chi connectivity index (χ0n) is 11.6. The number of hydrogen-bond acceptors (Lipinski definition) is 2. The van der Waals surface area contributed by atoms with Crippen LogP contribution in [-0.4, -0.2) is 35.5 Å². The van der Waals surface area contributed by atoms with Crippen LogP contribution in [0.25, 0.3) is 0 Å². The Kier molecular flexibility index (Phi) is 21.1. The molecule has 0 aromatic carbocycles. The first kappa shape index (κ1) is 19.9. The molecule has 2 N–H and O–H groups in total. The molecule has 0 aromatic heterocycles. The fraction of sp³-hybridized carbons (Fsp3) is 0.917. The van der Waals surface area contributed by atoms with Gasteiger partial charge in [-0.3, -0.25) is 5.41 Å². The maximum absolute atomic E-state index is 7.35. The fourth-order valence-electron chi connectivity index (χ4n) is 1.43. The largest absolute Gasteiger partial charge is 0.400 e. The van der Waals surface area contributed by atoms with Crippen LogP contribution in [-0.2, 0) is 0 Å². The van der Waals surface area contributed by atoms with Gasteiger partial charge in [-0.25, -0.2) is 0 Å². The van der Waals surface area contributed by atoms with Gasteiger partial charge in [-0.05, 0) is 26.7 Å². The molecule has 0 spiro atoms. The minimum absolute atomic E-state index is 0.613. The highest BCUT2D eigenvalue weighted by molar-refractivity contribution is 5.76. The molecule has 1 fully saturated rings. The van der Waals surface area contributed by atoms with Crippen molar-refractivity contribution in [2.75, 3.05) is 13.7 Å². The van der Waals surface area contributed by atoms with Crippen LogP contribution in [0.2, 0.25) is 0 Å². The van der Waals surface area contributed by atoms with Gasteiger partial charge in [-0.2, -0.15) is 0 Å². The third-order valence-electron chi connectivity index (χ3n) is 1.98. The summed E-state index contributed by atoms with van der Waals surface area (Å²) in [6, 6.07) is 0.613. The van der Waals surface area contributed by atoms with E-state index in [4.69, 9.17) is 10.5 Å². The molecule has 1 rings (SSSR count). The van der Waals surface area contributed by atoms with E-state index in [2.05, 4.69) is 11.8 Å². The van der Waals surface area contributed by atoms with Crippen molar-refractivity contribution in [3.05, 3.63) is 0 Å². The van der Waals surface area contributed by atoms with E-state index in [1.807, 2.05) is 34.6 Å². The molecule has 1 atom stereocenters. The molecule has 0 aromatic rings. The van der Waals surface area contributed by atoms with Crippen LogP contribution in [0.15, 0.2) is 0 Å². The second-order valence-electron chi connectivity index (χ2n) is 2.77. The third-order valence-corrected chi connectivity index (χ3v) is 1.98. The maximum atomic E-state index is 7.35. The Morgan fingerprint density at radius 2 is 1.60 bits per heavy atom. The molecule has 0 aliphatic carbocycles. The molecule has 3 nitrogen and oxygen atoms in total. The molecular weight excluding hydrogens is 188 g/mol. The number of aliphatic hydroxyl groups is 1. The third kappa shape index (κ3) is 9.73. The number of rotatable bonds is 0. The van der Waals surface area contributed by atoms with Crippen LogP contribution >= 0.6 is 0 Å². The van der Waals surface area contributed by atoms with E-state index in [9.17, 15) is 0 Å². The Bertz CT molecular complexity index is 127. The van der Waals surface area contributed by atoms with Crippen LogP contribution in [0.3, 0.4) is 0 Å². The van der Waals surface area contributed by atoms with Crippen LogP contribution in [0.5, 0.6) is 0 Å². The van der Waals surface area contributed by atoms with Gasteiger partial charge in [0.1, 0.15) is 0 Å². The lowest BCUT2D eigenvalue weighted by atomic mass is 10.2. The number of amidine groups is 1. The van der Waals surface area contributed by atoms with Gasteiger partial charge in [-0.15, -0.1) is 0 Å². The number of likely N-dealkylation sites (tertiary alicyclic amines) is 1. The van der Waals surface area contributed by atoms with E-state index >= 15 is 0 Å². The van der Waals surface area contributed by atoms with Gasteiger partial charge in [0, 0.05) is 19.7 Å². The smallest absolute Gasteiger partial charge is 0.0928 e. The van der Waals surface area contributed by atoms with E-state index in [0.29, 0.717) is 6.04 Å². The predicted molar refractivity (Wildman–Crippen MR) is 69.6 cm³/mol. The second kappa shape index (κ2) is 15.9. The highest BCUT2D eigenvalue weighted by Gasteiger charge is 2.19. The summed E-state index contributed by atoms with van der Waals surface area (Å²) in [5.74, 6) is 0.722. The summed E-state index contributed by atoms with van der Waals surface area (Å²) in [5.41, 5.74) is 0. The highest BCUT2D eigenvalue weighted by Crippen LogP contribution is 2.15. The first-order chi connectivity index (χ1) is 7.22. The number of nitrogens with one attached hydrogen (secondary N) is 1. The Morgan fingerprint density at radius 3 is 1.73 bits per heavy atom. The van der Waals surface area contributed by atoms with Crippen molar-refractivity contribution in [3.63, 3.8) is 0 Å². The van der Waals surface area contributed by atoms with Gasteiger partial charge < -0.3 is 10.0 Å². The lowest BCUT2D eigenvalue weighted by Gasteiger charge is -2.21. The first-order valence-electron chi connectivity index (χ1n) is 5.98. The Morgan fingerprint density at radius 1 is 1.20 bits per heavy atom. The quantitative estimate of drug-likeness (QED) is 0.485. The molecule has 15 heavy (non-hydrogen) atoms. The summed E-state index contributed by atoms with van der Waals surface area (Å²) < 4.78 is 0. The SMILES string of the molecule is CC.CC.CC(=N)N1CCCC1C.CO. The van der Waals surface area contributed by atoms with Gasteiger partial charge in [-0.1, -0.05) is 27.7 Å². The molecule has 0 bridgehead atoms. The Balaban J connectivity index is -0.000000208. The summed E-state index contributed by atoms with van der Waals surface area (Å²) in [6.07, 6.45) is 2.52. The first-order valence-corrected chi connectivity index (χ1v) is 5.98. The van der Waals surface area contributed by atoms with Crippen molar-refractivity contribution < 1.29 is 5.11 Å². The summed E-state index contributed by atoms with van der Waals surface area (Å²) in [7, 11) is 1.00. The summed E-state index contributed by atoms with van der Waals surface area (Å²) in [5, 5.41) is 14.3. The Hall–Kier alpha value is -0.570. The van der Waals surface area contributed by atoms with Crippen molar-refractivity contribution in [1.82, 2.24) is 4.90 Å². The normalized spacial score (nSPS) is 17.3. The van der Waals surface area contributed by atoms with E-state index < -0.39 is 0 Å². The van der Waals surface area contributed by atoms with Crippen LogP contribution in [0, 0.1) is 5.41 Å². The molecular formula is C12H30N2O. The van der Waals surface area contributed by atoms with Gasteiger partial charge >= 0.3 is 0 Å². The average molecular weight is 218 g/mol. The van der Waals surface area contributed by atoms with Crippen molar-refractivity contribution in [2.24, 2.45) is 0 Å². The average Bonchev–Trinajstić information content (AvgIpc) is 2.73. The van der Waals surface area contributed by atoms with E-state index in [1.165, 1.54) is 12.8 Å². The van der Waals surface area contributed by atoms with Crippen molar-refractivity contribution in [2.45, 2.75) is 60.4 Å². The monoisotopic (exact) mass is 218 g/mol. The second-order valence-corrected chi connectivity index (χ2v) is 2.77. The lowest BCUT2D eigenvalue weighted by molar-refractivity contribution is 0.399. The fourth-order valence-corrected chi connectivity index (χ4v) is 1.43. The number of aliphatic hydroxyl groups excluding tert-OH is 1. The minimum atomic E-state index is 0.613. The molecule has 94 valence electrons. The van der Waals surface area contributed by atoms with Gasteiger partial charge in [0.05, 0.1) is 5.84 Å². The van der Waals surface area contributed by atoms with Gasteiger partial charge in [0.2, 0.25) is 0 Å². The summed E-state index contributed by atoms with van der Waals surface area (Å²) in [6.45, 7) is 13.1. The van der Waals surface area contributed by atoms with Crippen LogP contribution in [0.4, 0.5) is 0 Å². The molecule has 1 aliphatic heterocycles. The van der Waals surface area contributed by atoms with E-state index in [1.54, 1.807) is 0 Å². The van der Waals surface area contributed by atoms with Crippen molar-refractivity contribution in [1.29, 1.82) is 5.41 Å². The predicted octanol–water partition coefficient (Wildman–Crippen LogP) is 3.13. The lowest BCUT2D eigenvalue weighted by Crippen LogP contribution is -2.30. The molecule has 3 heteroatoms. The molecule has 1 unspecified atom stereocenters. The zero-order chi connectivity index (χ0) is 12.9. The maximum Gasteiger partial charge on any atom is 0.0928 e. The Labute approximate surface area is 96.0 Å². The number of hydrogen-bond donors (Lipinski definition) is 2. The van der Waals surface area contributed by atoms with E-state index in [-0.39, 0.29) is 0 Å².